The highest BCUT2D eigenvalue weighted by molar-refractivity contribution is 7.19. The zero-order chi connectivity index (χ0) is 14.0. The summed E-state index contributed by atoms with van der Waals surface area (Å²) >= 11 is 1.53. The molecule has 0 unspecified atom stereocenters. The van der Waals surface area contributed by atoms with E-state index in [0.717, 1.165) is 15.0 Å². The first-order valence-electron chi connectivity index (χ1n) is 5.83. The number of nitrogens with one attached hydrogen (secondary N) is 1. The molecule has 2 heterocycles. The van der Waals surface area contributed by atoms with Crippen LogP contribution in [0.3, 0.4) is 0 Å². The van der Waals surface area contributed by atoms with Crippen molar-refractivity contribution in [1.82, 2.24) is 10.2 Å². The van der Waals surface area contributed by atoms with Gasteiger partial charge in [0.15, 0.2) is 5.82 Å². The van der Waals surface area contributed by atoms with Crippen molar-refractivity contribution in [2.45, 2.75) is 32.9 Å². The van der Waals surface area contributed by atoms with Crippen molar-refractivity contribution in [2.75, 3.05) is 5.32 Å². The first-order valence-corrected chi connectivity index (χ1v) is 6.65. The summed E-state index contributed by atoms with van der Waals surface area (Å²) in [6.07, 6.45) is 1.11. The van der Waals surface area contributed by atoms with E-state index >= 15 is 0 Å². The fraction of sp³-hybridized carbons (Fsp3) is 0.417. The van der Waals surface area contributed by atoms with Crippen LogP contribution < -0.4 is 11.1 Å². The molecule has 0 saturated carbocycles. The van der Waals surface area contributed by atoms with E-state index in [2.05, 4.69) is 15.5 Å². The summed E-state index contributed by atoms with van der Waals surface area (Å²) < 4.78 is 6.12. The van der Waals surface area contributed by atoms with Crippen LogP contribution in [0.5, 0.6) is 0 Å². The van der Waals surface area contributed by atoms with Crippen LogP contribution in [0.15, 0.2) is 12.3 Å². The molecule has 0 atom stereocenters. The van der Waals surface area contributed by atoms with Crippen LogP contribution in [0.25, 0.3) is 10.1 Å². The number of carbonyl (C=O) groups is 1. The van der Waals surface area contributed by atoms with Crippen LogP contribution in [0.2, 0.25) is 0 Å². The van der Waals surface area contributed by atoms with Crippen molar-refractivity contribution < 1.29 is 9.53 Å². The summed E-state index contributed by atoms with van der Waals surface area (Å²) in [5.41, 5.74) is 5.05. The Morgan fingerprint density at radius 3 is 2.89 bits per heavy atom. The van der Waals surface area contributed by atoms with Gasteiger partial charge in [-0.3, -0.25) is 5.32 Å². The standard InChI is InChI=1S/C12H16N4O2S/c1-12(2,3)18-11(17)15-10-8-4-7(5-13)19-9(8)6-14-16-10/h4,6H,5,13H2,1-3H3,(H,15,16,17). The third kappa shape index (κ3) is 3.39. The van der Waals surface area contributed by atoms with Gasteiger partial charge in [-0.1, -0.05) is 0 Å². The number of hydrogen-bond donors (Lipinski definition) is 2. The Bertz CT molecular complexity index is 603. The van der Waals surface area contributed by atoms with Gasteiger partial charge in [0.1, 0.15) is 5.60 Å². The molecule has 0 aromatic carbocycles. The Kier molecular flexibility index (Phi) is 3.68. The third-order valence-electron chi connectivity index (χ3n) is 2.22. The van der Waals surface area contributed by atoms with Crippen LogP contribution in [0.4, 0.5) is 10.6 Å². The molecule has 2 aromatic heterocycles. The summed E-state index contributed by atoms with van der Waals surface area (Å²) in [6.45, 7) is 5.85. The molecule has 0 fully saturated rings. The number of carbonyl (C=O) groups excluding carboxylic acids is 1. The van der Waals surface area contributed by atoms with Gasteiger partial charge >= 0.3 is 6.09 Å². The number of ether oxygens (including phenoxy) is 1. The molecular weight excluding hydrogens is 264 g/mol. The molecule has 6 nitrogen and oxygen atoms in total. The lowest BCUT2D eigenvalue weighted by molar-refractivity contribution is 0.0635. The first kappa shape index (κ1) is 13.7. The van der Waals surface area contributed by atoms with Crippen molar-refractivity contribution in [3.63, 3.8) is 0 Å². The second-order valence-corrected chi connectivity index (χ2v) is 6.18. The number of rotatable bonds is 2. The molecule has 1 amide bonds. The summed E-state index contributed by atoms with van der Waals surface area (Å²) in [5, 5.41) is 11.2. The summed E-state index contributed by atoms with van der Waals surface area (Å²) in [5.74, 6) is 0.391. The SMILES string of the molecule is CC(C)(C)OC(=O)Nc1nncc2sc(CN)cc12. The molecule has 19 heavy (non-hydrogen) atoms. The van der Waals surface area contributed by atoms with Gasteiger partial charge in [0.05, 0.1) is 10.9 Å². The van der Waals surface area contributed by atoms with Crippen molar-refractivity contribution >= 4 is 33.3 Å². The summed E-state index contributed by atoms with van der Waals surface area (Å²) in [7, 11) is 0. The van der Waals surface area contributed by atoms with E-state index in [9.17, 15) is 4.79 Å². The van der Waals surface area contributed by atoms with E-state index in [-0.39, 0.29) is 0 Å². The first-order chi connectivity index (χ1) is 8.89. The summed E-state index contributed by atoms with van der Waals surface area (Å²) in [6, 6.07) is 1.90. The largest absolute Gasteiger partial charge is 0.444 e. The van der Waals surface area contributed by atoms with E-state index in [1.54, 1.807) is 27.0 Å². The fourth-order valence-corrected chi connectivity index (χ4v) is 2.43. The second-order valence-electron chi connectivity index (χ2n) is 5.01. The number of amides is 1. The molecule has 0 saturated heterocycles. The van der Waals surface area contributed by atoms with Crippen molar-refractivity contribution in [2.24, 2.45) is 5.73 Å². The Hall–Kier alpha value is -1.73. The van der Waals surface area contributed by atoms with Gasteiger partial charge in [-0.2, -0.15) is 5.10 Å². The number of nitrogens with two attached hydrogens (primary N) is 1. The van der Waals surface area contributed by atoms with Crippen LogP contribution in [-0.2, 0) is 11.3 Å². The maximum atomic E-state index is 11.7. The highest BCUT2D eigenvalue weighted by Crippen LogP contribution is 2.29. The zero-order valence-corrected chi connectivity index (χ0v) is 11.9. The average Bonchev–Trinajstić information content (AvgIpc) is 2.70. The van der Waals surface area contributed by atoms with Gasteiger partial charge in [0.25, 0.3) is 0 Å². The number of fused-ring (bicyclic) bond motifs is 1. The van der Waals surface area contributed by atoms with Gasteiger partial charge in [-0.05, 0) is 26.8 Å². The number of nitrogens with zero attached hydrogens (tertiary/aromatic N) is 2. The Balaban J connectivity index is 2.25. The number of hydrogen-bond acceptors (Lipinski definition) is 6. The van der Waals surface area contributed by atoms with Gasteiger partial charge in [-0.15, -0.1) is 16.4 Å². The summed E-state index contributed by atoms with van der Waals surface area (Å²) in [4.78, 5) is 12.7. The van der Waals surface area contributed by atoms with Gasteiger partial charge in [-0.25, -0.2) is 4.79 Å². The molecule has 7 heteroatoms. The minimum Gasteiger partial charge on any atom is -0.444 e. The maximum Gasteiger partial charge on any atom is 0.413 e. The highest BCUT2D eigenvalue weighted by atomic mass is 32.1. The van der Waals surface area contributed by atoms with Gasteiger partial charge in [0.2, 0.25) is 0 Å². The number of aromatic nitrogens is 2. The number of anilines is 1. The second kappa shape index (κ2) is 5.10. The third-order valence-corrected chi connectivity index (χ3v) is 3.31. The fourth-order valence-electron chi connectivity index (χ4n) is 1.52. The van der Waals surface area contributed by atoms with Crippen molar-refractivity contribution in [3.05, 3.63) is 17.1 Å². The van der Waals surface area contributed by atoms with Crippen LogP contribution in [-0.4, -0.2) is 21.9 Å². The molecule has 2 aromatic rings. The average molecular weight is 280 g/mol. The molecule has 0 spiro atoms. The van der Waals surface area contributed by atoms with Crippen LogP contribution in [0, 0.1) is 0 Å². The van der Waals surface area contributed by atoms with E-state index in [1.165, 1.54) is 11.3 Å². The molecule has 2 rings (SSSR count). The van der Waals surface area contributed by atoms with E-state index < -0.39 is 11.7 Å². The zero-order valence-electron chi connectivity index (χ0n) is 11.1. The van der Waals surface area contributed by atoms with E-state index in [4.69, 9.17) is 10.5 Å². The maximum absolute atomic E-state index is 11.7. The van der Waals surface area contributed by atoms with Crippen molar-refractivity contribution in [3.8, 4) is 0 Å². The molecule has 3 N–H and O–H groups in total. The van der Waals surface area contributed by atoms with E-state index in [0.29, 0.717) is 12.4 Å². The topological polar surface area (TPSA) is 90.1 Å². The van der Waals surface area contributed by atoms with Gasteiger partial charge in [0, 0.05) is 16.8 Å². The predicted octanol–water partition coefficient (Wildman–Crippen LogP) is 2.50. The number of thiophene rings is 1. The molecule has 0 aliphatic rings. The molecule has 0 radical (unpaired) electrons. The highest BCUT2D eigenvalue weighted by Gasteiger charge is 2.18. The Morgan fingerprint density at radius 2 is 2.26 bits per heavy atom. The van der Waals surface area contributed by atoms with Gasteiger partial charge < -0.3 is 10.5 Å². The van der Waals surface area contributed by atoms with E-state index in [1.807, 2.05) is 6.07 Å². The lowest BCUT2D eigenvalue weighted by Crippen LogP contribution is -2.27. The molecule has 0 aliphatic heterocycles. The smallest absolute Gasteiger partial charge is 0.413 e. The Labute approximate surface area is 115 Å². The molecule has 0 bridgehead atoms. The van der Waals surface area contributed by atoms with Crippen LogP contribution >= 0.6 is 11.3 Å². The monoisotopic (exact) mass is 280 g/mol. The van der Waals surface area contributed by atoms with Crippen molar-refractivity contribution in [1.29, 1.82) is 0 Å². The lowest BCUT2D eigenvalue weighted by Gasteiger charge is -2.19. The molecular formula is C12H16N4O2S. The quantitative estimate of drug-likeness (QED) is 0.882. The minimum atomic E-state index is -0.553. The lowest BCUT2D eigenvalue weighted by atomic mass is 10.2. The molecule has 0 aliphatic carbocycles. The predicted molar refractivity (Wildman–Crippen MR) is 75.2 cm³/mol. The minimum absolute atomic E-state index is 0.391. The molecule has 102 valence electrons. The van der Waals surface area contributed by atoms with Crippen LogP contribution in [0.1, 0.15) is 25.6 Å². The Morgan fingerprint density at radius 1 is 1.53 bits per heavy atom. The normalized spacial score (nSPS) is 11.6.